The molecule has 0 atom stereocenters. The van der Waals surface area contributed by atoms with Crippen molar-refractivity contribution in [2.45, 2.75) is 39.9 Å². The van der Waals surface area contributed by atoms with Crippen LogP contribution in [0.1, 0.15) is 61.5 Å². The van der Waals surface area contributed by atoms with Crippen molar-refractivity contribution in [1.29, 1.82) is 0 Å². The Morgan fingerprint density at radius 3 is 2.47 bits per heavy atom. The van der Waals surface area contributed by atoms with Crippen LogP contribution in [0.4, 0.5) is 0 Å². The van der Waals surface area contributed by atoms with Crippen molar-refractivity contribution in [3.05, 3.63) is 150 Å². The molecular formula is C44H38BN5O. The molecule has 0 saturated carbocycles. The fourth-order valence-electron chi connectivity index (χ4n) is 7.55. The molecule has 0 spiro atoms. The number of nitrogens with zero attached hydrogens (tertiary/aromatic N) is 5. The maximum Gasteiger partial charge on any atom is 0.238 e. The van der Waals surface area contributed by atoms with E-state index in [1.165, 1.54) is 34.1 Å². The molecule has 0 radical (unpaired) electrons. The lowest BCUT2D eigenvalue weighted by Crippen LogP contribution is -2.15. The molecule has 1 aliphatic carbocycles. The van der Waals surface area contributed by atoms with Gasteiger partial charge in [0.2, 0.25) is 5.95 Å². The van der Waals surface area contributed by atoms with Gasteiger partial charge < -0.3 is 4.42 Å². The zero-order valence-electron chi connectivity index (χ0n) is 29.6. The highest BCUT2D eigenvalue weighted by atomic mass is 16.3. The third kappa shape index (κ3) is 5.19. The molecule has 0 aliphatic heterocycles. The second kappa shape index (κ2) is 12.7. The van der Waals surface area contributed by atoms with Crippen LogP contribution in [0.15, 0.2) is 121 Å². The maximum atomic E-state index is 5.91. The number of hydrogen-bond donors (Lipinski definition) is 0. The summed E-state index contributed by atoms with van der Waals surface area (Å²) in [5.74, 6) is 1.77. The average Bonchev–Trinajstić information content (AvgIpc) is 3.84. The molecule has 0 N–H and O–H groups in total. The summed E-state index contributed by atoms with van der Waals surface area (Å²) in [6.45, 7) is 15.1. The molecule has 6 nitrogen and oxygen atoms in total. The van der Waals surface area contributed by atoms with E-state index < -0.39 is 0 Å². The standard InChI is InChI=1S/C44H38BN5O/c1-7-15-27(8-2)41-47-42(28-16-11-10-12-17-28)49-43(48-41)50-37(9-3)32(30-18-13-14-19-38(30)50)25-35(45-6)29-20-21-31-34(24-29)44(4,5)33-22-23-36-40(39(31)33)51-26-46-36/h7-26,45H,3H2,1-2,4-6H3/b15-7-,27-8+,35-25-. The van der Waals surface area contributed by atoms with E-state index in [-0.39, 0.29) is 5.41 Å². The minimum Gasteiger partial charge on any atom is -0.443 e. The quantitative estimate of drug-likeness (QED) is 0.120. The van der Waals surface area contributed by atoms with Crippen molar-refractivity contribution in [2.24, 2.45) is 0 Å². The lowest BCUT2D eigenvalue weighted by Gasteiger charge is -2.22. The van der Waals surface area contributed by atoms with E-state index >= 15 is 0 Å². The molecule has 0 bridgehead atoms. The van der Waals surface area contributed by atoms with Gasteiger partial charge >= 0.3 is 0 Å². The van der Waals surface area contributed by atoms with Crippen molar-refractivity contribution in [3.8, 4) is 28.5 Å². The minimum absolute atomic E-state index is 0.186. The van der Waals surface area contributed by atoms with Gasteiger partial charge in [0.05, 0.1) is 11.2 Å². The molecule has 8 rings (SSSR count). The summed E-state index contributed by atoms with van der Waals surface area (Å²) < 4.78 is 8.03. The number of hydrogen-bond acceptors (Lipinski definition) is 5. The highest BCUT2D eigenvalue weighted by Gasteiger charge is 2.37. The maximum absolute atomic E-state index is 5.91. The van der Waals surface area contributed by atoms with Gasteiger partial charge in [-0.2, -0.15) is 9.97 Å². The fourth-order valence-corrected chi connectivity index (χ4v) is 7.55. The summed E-state index contributed by atoms with van der Waals surface area (Å²) in [5.41, 5.74) is 13.7. The molecule has 0 amide bonds. The van der Waals surface area contributed by atoms with Crippen LogP contribution in [0.25, 0.3) is 73.7 Å². The first-order valence-corrected chi connectivity index (χ1v) is 17.5. The van der Waals surface area contributed by atoms with Gasteiger partial charge in [0.25, 0.3) is 0 Å². The van der Waals surface area contributed by atoms with E-state index in [0.717, 1.165) is 57.2 Å². The van der Waals surface area contributed by atoms with E-state index in [2.05, 4.69) is 97.5 Å². The third-order valence-electron chi connectivity index (χ3n) is 10.1. The SMILES string of the molecule is C=Cc1c(/C=C(\BC)c2ccc3c(c2)C(C)(C)c2ccc4ncoc4c2-3)c2ccccc2n1-c1nc(C(/C=C\C)=C/C)nc(-c2ccccc2)n1. The Morgan fingerprint density at radius 2 is 1.71 bits per heavy atom. The second-order valence-corrected chi connectivity index (χ2v) is 13.3. The van der Waals surface area contributed by atoms with Crippen LogP contribution in [0.3, 0.4) is 0 Å². The Balaban J connectivity index is 1.32. The molecular weight excluding hydrogens is 625 g/mol. The Bertz CT molecular complexity index is 2590. The Hall–Kier alpha value is -6.08. The molecule has 0 saturated heterocycles. The molecule has 3 heterocycles. The van der Waals surface area contributed by atoms with Gasteiger partial charge in [-0.25, -0.2) is 9.97 Å². The van der Waals surface area contributed by atoms with Gasteiger partial charge in [0, 0.05) is 33.1 Å². The molecule has 0 fully saturated rings. The number of fused-ring (bicyclic) bond motifs is 6. The average molecular weight is 664 g/mol. The van der Waals surface area contributed by atoms with Crippen molar-refractivity contribution in [1.82, 2.24) is 24.5 Å². The normalized spacial score (nSPS) is 14.0. The molecule has 0 unspecified atom stereocenters. The van der Waals surface area contributed by atoms with E-state index in [1.807, 2.05) is 68.5 Å². The third-order valence-corrected chi connectivity index (χ3v) is 10.1. The zero-order valence-corrected chi connectivity index (χ0v) is 29.6. The molecule has 248 valence electrons. The van der Waals surface area contributed by atoms with E-state index in [1.54, 1.807) is 0 Å². The predicted molar refractivity (Wildman–Crippen MR) is 213 cm³/mol. The zero-order chi connectivity index (χ0) is 35.3. The van der Waals surface area contributed by atoms with Crippen LogP contribution in [0, 0.1) is 0 Å². The first-order valence-electron chi connectivity index (χ1n) is 17.5. The summed E-state index contributed by atoms with van der Waals surface area (Å²) in [4.78, 5) is 19.5. The van der Waals surface area contributed by atoms with Gasteiger partial charge in [-0.15, -0.1) is 0 Å². The topological polar surface area (TPSA) is 69.6 Å². The van der Waals surface area contributed by atoms with Crippen LogP contribution in [-0.2, 0) is 5.41 Å². The largest absolute Gasteiger partial charge is 0.443 e. The molecule has 3 aromatic heterocycles. The lowest BCUT2D eigenvalue weighted by atomic mass is 9.67. The van der Waals surface area contributed by atoms with Gasteiger partial charge in [-0.05, 0) is 54.3 Å². The van der Waals surface area contributed by atoms with Crippen molar-refractivity contribution in [3.63, 3.8) is 0 Å². The number of oxazole rings is 1. The Kier molecular flexibility index (Phi) is 7.99. The van der Waals surface area contributed by atoms with Gasteiger partial charge in [-0.3, -0.25) is 4.57 Å². The molecule has 4 aromatic carbocycles. The van der Waals surface area contributed by atoms with Crippen molar-refractivity contribution >= 4 is 52.5 Å². The predicted octanol–water partition coefficient (Wildman–Crippen LogP) is 10.5. The molecule has 1 aliphatic rings. The molecule has 51 heavy (non-hydrogen) atoms. The highest BCUT2D eigenvalue weighted by molar-refractivity contribution is 6.61. The van der Waals surface area contributed by atoms with Crippen molar-refractivity contribution < 1.29 is 4.42 Å². The fraction of sp³-hybridized carbons (Fsp3) is 0.136. The first-order chi connectivity index (χ1) is 24.9. The van der Waals surface area contributed by atoms with Crippen LogP contribution < -0.4 is 0 Å². The second-order valence-electron chi connectivity index (χ2n) is 13.3. The number of aromatic nitrogens is 5. The summed E-state index contributed by atoms with van der Waals surface area (Å²) in [6.07, 6.45) is 11.8. The monoisotopic (exact) mass is 663 g/mol. The first kappa shape index (κ1) is 32.1. The van der Waals surface area contributed by atoms with Crippen LogP contribution in [0.5, 0.6) is 0 Å². The van der Waals surface area contributed by atoms with Gasteiger partial charge in [0.1, 0.15) is 5.52 Å². The smallest absolute Gasteiger partial charge is 0.238 e. The summed E-state index contributed by atoms with van der Waals surface area (Å²) in [6, 6.07) is 29.6. The highest BCUT2D eigenvalue weighted by Crippen LogP contribution is 2.51. The lowest BCUT2D eigenvalue weighted by molar-refractivity contribution is 0.601. The minimum atomic E-state index is -0.186. The van der Waals surface area contributed by atoms with Gasteiger partial charge in [-0.1, -0.05) is 130 Å². The Morgan fingerprint density at radius 1 is 0.902 bits per heavy atom. The van der Waals surface area contributed by atoms with Gasteiger partial charge in [0.15, 0.2) is 30.9 Å². The number of benzene rings is 4. The summed E-state index contributed by atoms with van der Waals surface area (Å²) >= 11 is 0. The summed E-state index contributed by atoms with van der Waals surface area (Å²) in [7, 11) is 0.844. The van der Waals surface area contributed by atoms with E-state index in [0.29, 0.717) is 17.6 Å². The van der Waals surface area contributed by atoms with E-state index in [9.17, 15) is 0 Å². The van der Waals surface area contributed by atoms with Crippen LogP contribution in [-0.4, -0.2) is 31.8 Å². The number of para-hydroxylation sites is 1. The molecule has 7 aromatic rings. The summed E-state index contributed by atoms with van der Waals surface area (Å²) in [5, 5.41) is 1.10. The van der Waals surface area contributed by atoms with Crippen LogP contribution in [0.2, 0.25) is 6.82 Å². The molecule has 7 heteroatoms. The number of allylic oxidation sites excluding steroid dienone is 4. The van der Waals surface area contributed by atoms with Crippen LogP contribution >= 0.6 is 0 Å². The number of rotatable bonds is 8. The van der Waals surface area contributed by atoms with E-state index in [4.69, 9.17) is 19.4 Å². The van der Waals surface area contributed by atoms with Crippen molar-refractivity contribution in [2.75, 3.05) is 0 Å². The Labute approximate surface area is 298 Å².